The van der Waals surface area contributed by atoms with Crippen LogP contribution in [0.5, 0.6) is 0 Å². The normalized spacial score (nSPS) is 12.3. The number of halogens is 3. The van der Waals surface area contributed by atoms with Gasteiger partial charge in [0.1, 0.15) is 22.5 Å². The molecule has 0 aliphatic carbocycles. The number of carbonyl (C=O) groups is 2. The van der Waals surface area contributed by atoms with E-state index in [2.05, 4.69) is 15.1 Å². The SMILES string of the molecule is COC(=O)c1cn(COC(=O)C(C)(C)C)c2ncc(-c3nn(C)c4ccc(C(F)(F)F)cc34)nc12. The quantitative estimate of drug-likeness (QED) is 0.393. The minimum Gasteiger partial charge on any atom is -0.465 e. The summed E-state index contributed by atoms with van der Waals surface area (Å²) in [6.45, 7) is 4.89. The minimum absolute atomic E-state index is 0.0554. The Morgan fingerprint density at radius 3 is 2.49 bits per heavy atom. The average Bonchev–Trinajstić information content (AvgIpc) is 3.32. The molecule has 9 nitrogen and oxygen atoms in total. The molecule has 1 aromatic carbocycles. The maximum Gasteiger partial charge on any atom is 0.416 e. The third-order valence-electron chi connectivity index (χ3n) is 5.34. The Bertz CT molecular complexity index is 1460. The first-order valence-electron chi connectivity index (χ1n) is 10.5. The first kappa shape index (κ1) is 24.2. The average molecular weight is 489 g/mol. The van der Waals surface area contributed by atoms with Gasteiger partial charge >= 0.3 is 18.1 Å². The molecule has 0 fully saturated rings. The summed E-state index contributed by atoms with van der Waals surface area (Å²) in [5.41, 5.74) is -0.339. The van der Waals surface area contributed by atoms with E-state index in [9.17, 15) is 22.8 Å². The fourth-order valence-electron chi connectivity index (χ4n) is 3.50. The smallest absolute Gasteiger partial charge is 0.416 e. The molecule has 0 unspecified atom stereocenters. The van der Waals surface area contributed by atoms with Crippen LogP contribution in [0.2, 0.25) is 0 Å². The highest BCUT2D eigenvalue weighted by molar-refractivity contribution is 6.02. The van der Waals surface area contributed by atoms with E-state index in [1.54, 1.807) is 27.8 Å². The summed E-state index contributed by atoms with van der Waals surface area (Å²) >= 11 is 0. The van der Waals surface area contributed by atoms with Gasteiger partial charge in [-0.1, -0.05) is 0 Å². The Kier molecular flexibility index (Phi) is 5.78. The van der Waals surface area contributed by atoms with Crippen molar-refractivity contribution in [3.8, 4) is 11.4 Å². The number of ether oxygens (including phenoxy) is 2. The Hall–Kier alpha value is -3.96. The van der Waals surface area contributed by atoms with Crippen LogP contribution in [0.25, 0.3) is 33.5 Å². The van der Waals surface area contributed by atoms with Crippen molar-refractivity contribution < 1.29 is 32.2 Å². The molecule has 3 heterocycles. The second-order valence-electron chi connectivity index (χ2n) is 8.94. The largest absolute Gasteiger partial charge is 0.465 e. The number of hydrogen-bond donors (Lipinski definition) is 0. The zero-order chi connectivity index (χ0) is 25.7. The second kappa shape index (κ2) is 8.36. The van der Waals surface area contributed by atoms with Crippen LogP contribution in [-0.2, 0) is 34.2 Å². The van der Waals surface area contributed by atoms with Crippen LogP contribution < -0.4 is 0 Å². The number of aryl methyl sites for hydroxylation is 1. The maximum absolute atomic E-state index is 13.3. The summed E-state index contributed by atoms with van der Waals surface area (Å²) in [4.78, 5) is 33.4. The Balaban J connectivity index is 1.84. The number of aromatic nitrogens is 5. The summed E-state index contributed by atoms with van der Waals surface area (Å²) in [5.74, 6) is -1.16. The van der Waals surface area contributed by atoms with Crippen molar-refractivity contribution in [3.05, 3.63) is 41.7 Å². The maximum atomic E-state index is 13.3. The van der Waals surface area contributed by atoms with E-state index in [0.717, 1.165) is 12.1 Å². The van der Waals surface area contributed by atoms with Crippen LogP contribution in [0.4, 0.5) is 13.2 Å². The molecule has 0 amide bonds. The molecule has 12 heteroatoms. The topological polar surface area (TPSA) is 101 Å². The van der Waals surface area contributed by atoms with Crippen LogP contribution in [0.15, 0.2) is 30.6 Å². The highest BCUT2D eigenvalue weighted by Gasteiger charge is 2.31. The van der Waals surface area contributed by atoms with E-state index in [4.69, 9.17) is 9.47 Å². The zero-order valence-electron chi connectivity index (χ0n) is 19.6. The highest BCUT2D eigenvalue weighted by Crippen LogP contribution is 2.35. The van der Waals surface area contributed by atoms with Gasteiger partial charge in [0, 0.05) is 18.6 Å². The van der Waals surface area contributed by atoms with E-state index < -0.39 is 29.1 Å². The van der Waals surface area contributed by atoms with Crippen LogP contribution >= 0.6 is 0 Å². The molecule has 0 aliphatic rings. The zero-order valence-corrected chi connectivity index (χ0v) is 19.6. The van der Waals surface area contributed by atoms with Gasteiger partial charge in [-0.05, 0) is 39.0 Å². The monoisotopic (exact) mass is 489 g/mol. The standard InChI is InChI=1S/C23H22F3N5O4/c1-22(2,3)21(33)35-11-31-10-14(20(32)34-5)18-19(31)27-9-15(28-18)17-13-8-12(23(24,25)26)6-7-16(13)30(4)29-17/h6-10H,11H2,1-5H3. The van der Waals surface area contributed by atoms with E-state index in [1.807, 2.05) is 0 Å². The molecule has 4 rings (SSSR count). The van der Waals surface area contributed by atoms with Gasteiger partial charge in [-0.2, -0.15) is 18.3 Å². The van der Waals surface area contributed by atoms with Gasteiger partial charge in [0.25, 0.3) is 0 Å². The van der Waals surface area contributed by atoms with E-state index >= 15 is 0 Å². The molecule has 184 valence electrons. The van der Waals surface area contributed by atoms with Crippen molar-refractivity contribution in [1.82, 2.24) is 24.3 Å². The Morgan fingerprint density at radius 1 is 1.14 bits per heavy atom. The first-order chi connectivity index (χ1) is 16.3. The molecule has 3 aromatic heterocycles. The number of methoxy groups -OCH3 is 1. The van der Waals surface area contributed by atoms with Crippen molar-refractivity contribution in [2.45, 2.75) is 33.7 Å². The number of benzene rings is 1. The molecule has 0 atom stereocenters. The summed E-state index contributed by atoms with van der Waals surface area (Å²) in [6.07, 6.45) is -1.79. The van der Waals surface area contributed by atoms with Crippen LogP contribution in [0.1, 0.15) is 36.7 Å². The van der Waals surface area contributed by atoms with Gasteiger partial charge in [0.2, 0.25) is 0 Å². The van der Waals surface area contributed by atoms with Crippen LogP contribution in [-0.4, -0.2) is 43.4 Å². The van der Waals surface area contributed by atoms with Gasteiger partial charge in [0.05, 0.1) is 29.8 Å². The van der Waals surface area contributed by atoms with Crippen molar-refractivity contribution in [1.29, 1.82) is 0 Å². The molecule has 35 heavy (non-hydrogen) atoms. The summed E-state index contributed by atoms with van der Waals surface area (Å²) in [6, 6.07) is 3.32. The fourth-order valence-corrected chi connectivity index (χ4v) is 3.50. The molecule has 4 aromatic rings. The number of carbonyl (C=O) groups excluding carboxylic acids is 2. The van der Waals surface area contributed by atoms with Crippen molar-refractivity contribution >= 4 is 34.0 Å². The lowest BCUT2D eigenvalue weighted by atomic mass is 9.98. The van der Waals surface area contributed by atoms with E-state index in [1.165, 1.54) is 34.8 Å². The van der Waals surface area contributed by atoms with E-state index in [-0.39, 0.29) is 40.2 Å². The predicted octanol–water partition coefficient (Wildman–Crippen LogP) is 4.34. The lowest BCUT2D eigenvalue weighted by molar-refractivity contribution is -0.156. The first-order valence-corrected chi connectivity index (χ1v) is 10.5. The van der Waals surface area contributed by atoms with Gasteiger partial charge < -0.3 is 9.47 Å². The third kappa shape index (κ3) is 4.43. The van der Waals surface area contributed by atoms with Gasteiger partial charge in [-0.15, -0.1) is 0 Å². The summed E-state index contributed by atoms with van der Waals surface area (Å²) < 4.78 is 53.0. The van der Waals surface area contributed by atoms with Gasteiger partial charge in [-0.3, -0.25) is 14.0 Å². The van der Waals surface area contributed by atoms with Crippen molar-refractivity contribution in [2.75, 3.05) is 7.11 Å². The molecule has 0 spiro atoms. The Labute approximate surface area is 197 Å². The molecular formula is C23H22F3N5O4. The number of hydrogen-bond acceptors (Lipinski definition) is 7. The molecule has 0 saturated heterocycles. The third-order valence-corrected chi connectivity index (χ3v) is 5.34. The highest BCUT2D eigenvalue weighted by atomic mass is 19.4. The molecule has 0 saturated carbocycles. The summed E-state index contributed by atoms with van der Waals surface area (Å²) in [7, 11) is 2.80. The van der Waals surface area contributed by atoms with E-state index in [0.29, 0.717) is 5.52 Å². The molecule has 0 bridgehead atoms. The number of fused-ring (bicyclic) bond motifs is 2. The van der Waals surface area contributed by atoms with Gasteiger partial charge in [-0.25, -0.2) is 14.8 Å². The van der Waals surface area contributed by atoms with Crippen molar-refractivity contribution in [2.24, 2.45) is 12.5 Å². The lowest BCUT2D eigenvalue weighted by Crippen LogP contribution is -2.24. The number of rotatable bonds is 4. The Morgan fingerprint density at radius 2 is 1.86 bits per heavy atom. The number of esters is 2. The van der Waals surface area contributed by atoms with Crippen LogP contribution in [0.3, 0.4) is 0 Å². The lowest BCUT2D eigenvalue weighted by Gasteiger charge is -2.16. The molecular weight excluding hydrogens is 467 g/mol. The van der Waals surface area contributed by atoms with Crippen molar-refractivity contribution in [3.63, 3.8) is 0 Å². The number of nitrogens with zero attached hydrogens (tertiary/aromatic N) is 5. The minimum atomic E-state index is -4.53. The number of alkyl halides is 3. The second-order valence-corrected chi connectivity index (χ2v) is 8.94. The predicted molar refractivity (Wildman–Crippen MR) is 119 cm³/mol. The van der Waals surface area contributed by atoms with Gasteiger partial charge in [0.15, 0.2) is 12.4 Å². The summed E-state index contributed by atoms with van der Waals surface area (Å²) in [5, 5.41) is 4.56. The molecule has 0 N–H and O–H groups in total. The fraction of sp³-hybridized carbons (Fsp3) is 0.348. The molecule has 0 aliphatic heterocycles. The van der Waals surface area contributed by atoms with Crippen LogP contribution in [0, 0.1) is 5.41 Å². The molecule has 0 radical (unpaired) electrons.